The van der Waals surface area contributed by atoms with Gasteiger partial charge in [-0.1, -0.05) is 23.2 Å². The lowest BCUT2D eigenvalue weighted by molar-refractivity contribution is -0.133. The number of nitrogens with one attached hydrogen (secondary N) is 2. The molecule has 2 fully saturated rings. The maximum absolute atomic E-state index is 12.4. The summed E-state index contributed by atoms with van der Waals surface area (Å²) in [5, 5.41) is 6.69. The zero-order chi connectivity index (χ0) is 35.9. The van der Waals surface area contributed by atoms with E-state index in [4.69, 9.17) is 32.7 Å². The van der Waals surface area contributed by atoms with Crippen LogP contribution in [0.3, 0.4) is 0 Å². The predicted molar refractivity (Wildman–Crippen MR) is 193 cm³/mol. The number of rotatable bonds is 8. The fourth-order valence-electron chi connectivity index (χ4n) is 5.96. The van der Waals surface area contributed by atoms with E-state index < -0.39 is 0 Å². The molecule has 0 unspecified atom stereocenters. The Morgan fingerprint density at radius 3 is 1.50 bits per heavy atom. The van der Waals surface area contributed by atoms with Gasteiger partial charge in [-0.2, -0.15) is 0 Å². The number of carbonyl (C=O) groups is 2. The van der Waals surface area contributed by atoms with Crippen molar-refractivity contribution in [2.24, 2.45) is 0 Å². The van der Waals surface area contributed by atoms with Crippen LogP contribution in [0.5, 0.6) is 11.5 Å². The van der Waals surface area contributed by atoms with E-state index in [1.54, 1.807) is 37.6 Å². The largest absolute Gasteiger partial charge is 0.495 e. The summed E-state index contributed by atoms with van der Waals surface area (Å²) in [5.41, 5.74) is 3.18. The minimum absolute atomic E-state index is 0.00304. The number of amides is 2. The second kappa shape index (κ2) is 16.3. The SMILES string of the molecule is COc1cc(N2CCN(C(=O)Cn3[nH]c(=O)cc3C)CC2)ccc1Cl.COc1cc(N2CCN(C(=O)Cn3[nH]c(C)cc3=O)CC2)ccc1Cl. The molecule has 2 aliphatic rings. The molecule has 0 atom stereocenters. The van der Waals surface area contributed by atoms with Crippen molar-refractivity contribution in [3.63, 3.8) is 0 Å². The molecule has 0 spiro atoms. The number of nitrogens with zero attached hydrogens (tertiary/aromatic N) is 6. The second-order valence-corrected chi connectivity index (χ2v) is 12.9. The first-order chi connectivity index (χ1) is 23.9. The van der Waals surface area contributed by atoms with Crippen LogP contribution in [0.15, 0.2) is 58.1 Å². The number of piperazine rings is 2. The molecule has 4 aromatic rings. The fourth-order valence-corrected chi connectivity index (χ4v) is 6.34. The Labute approximate surface area is 299 Å². The van der Waals surface area contributed by atoms with Gasteiger partial charge >= 0.3 is 0 Å². The third-order valence-corrected chi connectivity index (χ3v) is 9.40. The maximum atomic E-state index is 12.4. The highest BCUT2D eigenvalue weighted by atomic mass is 35.5. The van der Waals surface area contributed by atoms with Gasteiger partial charge in [0.25, 0.3) is 11.1 Å². The van der Waals surface area contributed by atoms with Crippen LogP contribution in [-0.4, -0.2) is 108 Å². The van der Waals surface area contributed by atoms with Gasteiger partial charge < -0.3 is 29.1 Å². The number of aromatic nitrogens is 4. The molecule has 2 saturated heterocycles. The van der Waals surface area contributed by atoms with Gasteiger partial charge in [0.2, 0.25) is 11.8 Å². The number of aryl methyl sites for hydroxylation is 2. The van der Waals surface area contributed by atoms with Crippen molar-refractivity contribution in [2.45, 2.75) is 26.9 Å². The van der Waals surface area contributed by atoms with Gasteiger partial charge in [-0.3, -0.25) is 34.1 Å². The van der Waals surface area contributed by atoms with Crippen molar-refractivity contribution in [1.82, 2.24) is 29.4 Å². The van der Waals surface area contributed by atoms with Crippen molar-refractivity contribution in [3.8, 4) is 11.5 Å². The molecule has 2 aromatic carbocycles. The summed E-state index contributed by atoms with van der Waals surface area (Å²) in [6.07, 6.45) is 0. The van der Waals surface area contributed by atoms with E-state index in [1.165, 1.54) is 16.8 Å². The van der Waals surface area contributed by atoms with E-state index in [0.29, 0.717) is 47.7 Å². The third-order valence-electron chi connectivity index (χ3n) is 8.78. The van der Waals surface area contributed by atoms with Gasteiger partial charge in [0.15, 0.2) is 0 Å². The van der Waals surface area contributed by atoms with E-state index in [2.05, 4.69) is 20.0 Å². The van der Waals surface area contributed by atoms with E-state index in [9.17, 15) is 19.2 Å². The molecule has 6 rings (SSSR count). The third kappa shape index (κ3) is 8.85. The van der Waals surface area contributed by atoms with Gasteiger partial charge in [-0.05, 0) is 38.1 Å². The average molecular weight is 730 g/mol. The van der Waals surface area contributed by atoms with Crippen LogP contribution in [0.4, 0.5) is 11.4 Å². The van der Waals surface area contributed by atoms with E-state index in [1.807, 2.05) is 41.3 Å². The van der Waals surface area contributed by atoms with Gasteiger partial charge in [-0.25, -0.2) is 4.68 Å². The molecule has 2 amide bonds. The molecule has 0 aliphatic carbocycles. The highest BCUT2D eigenvalue weighted by Gasteiger charge is 2.24. The van der Waals surface area contributed by atoms with E-state index in [0.717, 1.165) is 48.9 Å². The number of aromatic amines is 2. The predicted octanol–water partition coefficient (Wildman–Crippen LogP) is 2.99. The summed E-state index contributed by atoms with van der Waals surface area (Å²) in [5.74, 6) is 1.23. The molecule has 2 aliphatic heterocycles. The second-order valence-electron chi connectivity index (χ2n) is 12.1. The molecule has 2 aromatic heterocycles. The molecule has 14 nitrogen and oxygen atoms in total. The zero-order valence-electron chi connectivity index (χ0n) is 28.6. The zero-order valence-corrected chi connectivity index (χ0v) is 30.1. The average Bonchev–Trinajstić information content (AvgIpc) is 3.61. The molecule has 50 heavy (non-hydrogen) atoms. The van der Waals surface area contributed by atoms with Gasteiger partial charge in [0.05, 0.1) is 24.3 Å². The molecular weight excluding hydrogens is 687 g/mol. The first kappa shape index (κ1) is 36.5. The number of hydrogen-bond acceptors (Lipinski definition) is 8. The highest BCUT2D eigenvalue weighted by Crippen LogP contribution is 2.31. The molecule has 0 bridgehead atoms. The van der Waals surface area contributed by atoms with Crippen molar-refractivity contribution in [2.75, 3.05) is 76.4 Å². The quantitative estimate of drug-likeness (QED) is 0.282. The summed E-state index contributed by atoms with van der Waals surface area (Å²) >= 11 is 12.1. The van der Waals surface area contributed by atoms with Crippen molar-refractivity contribution >= 4 is 46.4 Å². The summed E-state index contributed by atoms with van der Waals surface area (Å²) < 4.78 is 13.4. The van der Waals surface area contributed by atoms with Crippen molar-refractivity contribution < 1.29 is 19.1 Å². The number of H-pyrrole nitrogens is 2. The number of hydrogen-bond donors (Lipinski definition) is 2. The maximum Gasteiger partial charge on any atom is 0.267 e. The normalized spacial score (nSPS) is 14.7. The molecular formula is C34H42Cl2N8O6. The summed E-state index contributed by atoms with van der Waals surface area (Å²) in [6.45, 7) is 9.18. The van der Waals surface area contributed by atoms with Crippen LogP contribution in [-0.2, 0) is 22.7 Å². The van der Waals surface area contributed by atoms with Crippen molar-refractivity contribution in [1.29, 1.82) is 0 Å². The van der Waals surface area contributed by atoms with E-state index >= 15 is 0 Å². The number of carbonyl (C=O) groups excluding carboxylic acids is 2. The Hall–Kier alpha value is -4.82. The first-order valence-electron chi connectivity index (χ1n) is 16.2. The van der Waals surface area contributed by atoms with Gasteiger partial charge in [0, 0.05) is 99.4 Å². The van der Waals surface area contributed by atoms with Crippen LogP contribution >= 0.6 is 23.2 Å². The Balaban J connectivity index is 0.000000194. The number of anilines is 2. The van der Waals surface area contributed by atoms with Gasteiger partial charge in [0.1, 0.15) is 24.6 Å². The number of halogens is 2. The Morgan fingerprint density at radius 2 is 1.12 bits per heavy atom. The molecule has 0 saturated carbocycles. The summed E-state index contributed by atoms with van der Waals surface area (Å²) in [7, 11) is 3.18. The van der Waals surface area contributed by atoms with E-state index in [-0.39, 0.29) is 36.0 Å². The van der Waals surface area contributed by atoms with Crippen LogP contribution in [0.2, 0.25) is 10.0 Å². The Morgan fingerprint density at radius 1 is 0.660 bits per heavy atom. The number of methoxy groups -OCH3 is 2. The minimum atomic E-state index is -0.188. The Bertz CT molecular complexity index is 1920. The standard InChI is InChI=1S/2C17H21ClN4O3/c1-12-9-16(23)19-22(12)11-17(24)21-7-5-20(6-8-21)13-3-4-14(18)15(10-13)25-2;1-12-9-16(23)22(19-12)11-17(24)21-7-5-20(6-8-21)13-3-4-14(18)15(10-13)25-2/h3-4,9-10H,5-8,11H2,1-2H3,(H,19,23);3-4,9-10,19H,5-8,11H2,1-2H3. The summed E-state index contributed by atoms with van der Waals surface area (Å²) in [6, 6.07) is 14.3. The number of benzene rings is 2. The topological polar surface area (TPSA) is 141 Å². The molecule has 268 valence electrons. The molecule has 4 heterocycles. The molecule has 16 heteroatoms. The van der Waals surface area contributed by atoms with Crippen LogP contribution in [0.25, 0.3) is 0 Å². The Kier molecular flexibility index (Phi) is 11.9. The number of ether oxygens (including phenoxy) is 2. The van der Waals surface area contributed by atoms with Gasteiger partial charge in [-0.15, -0.1) is 0 Å². The lowest BCUT2D eigenvalue weighted by Crippen LogP contribution is -2.50. The van der Waals surface area contributed by atoms with Crippen LogP contribution < -0.4 is 30.4 Å². The fraction of sp³-hybridized carbons (Fsp3) is 0.412. The van der Waals surface area contributed by atoms with Crippen molar-refractivity contribution in [3.05, 3.63) is 90.7 Å². The van der Waals surface area contributed by atoms with Crippen LogP contribution in [0.1, 0.15) is 11.4 Å². The molecule has 0 radical (unpaired) electrons. The highest BCUT2D eigenvalue weighted by molar-refractivity contribution is 6.32. The monoisotopic (exact) mass is 728 g/mol. The summed E-state index contributed by atoms with van der Waals surface area (Å²) in [4.78, 5) is 55.9. The minimum Gasteiger partial charge on any atom is -0.495 e. The smallest absolute Gasteiger partial charge is 0.267 e. The first-order valence-corrected chi connectivity index (χ1v) is 17.0. The lowest BCUT2D eigenvalue weighted by Gasteiger charge is -2.36. The van der Waals surface area contributed by atoms with Crippen LogP contribution in [0, 0.1) is 13.8 Å². The lowest BCUT2D eigenvalue weighted by atomic mass is 10.2. The molecule has 2 N–H and O–H groups in total.